The van der Waals surface area contributed by atoms with Crippen molar-refractivity contribution in [2.45, 2.75) is 0 Å². The predicted octanol–water partition coefficient (Wildman–Crippen LogP) is 0.241. The van der Waals surface area contributed by atoms with Gasteiger partial charge in [0.1, 0.15) is 4.99 Å². The van der Waals surface area contributed by atoms with E-state index < -0.39 is 0 Å². The molecule has 0 radical (unpaired) electrons. The number of thiocarbonyl (C=S) groups is 1. The van der Waals surface area contributed by atoms with Crippen LogP contribution in [0.1, 0.15) is 0 Å². The topological polar surface area (TPSA) is 38.4 Å². The summed E-state index contributed by atoms with van der Waals surface area (Å²) in [7, 11) is 0. The molecule has 0 fully saturated rings. The molecule has 0 aliphatic carbocycles. The van der Waals surface area contributed by atoms with Crippen molar-refractivity contribution >= 4 is 23.4 Å². The van der Waals surface area contributed by atoms with Gasteiger partial charge in [-0.15, -0.1) is 0 Å². The Morgan fingerprint density at radius 2 is 2.43 bits per heavy atom. The minimum absolute atomic E-state index is 0.500. The Bertz CT molecular complexity index is 157. The van der Waals surface area contributed by atoms with Gasteiger partial charge in [-0.05, 0) is 6.08 Å². The highest BCUT2D eigenvalue weighted by atomic mass is 32.1. The first-order chi connectivity index (χ1) is 3.30. The number of nitrogens with zero attached hydrogens (tertiary/aromatic N) is 1. The van der Waals surface area contributed by atoms with Crippen molar-refractivity contribution in [1.29, 1.82) is 0 Å². The fraction of sp³-hybridized carbons (Fsp3) is 0. The van der Waals surface area contributed by atoms with Crippen LogP contribution >= 0.6 is 12.2 Å². The van der Waals surface area contributed by atoms with Crippen LogP contribution < -0.4 is 5.73 Å². The molecule has 0 bridgehead atoms. The smallest absolute Gasteiger partial charge is 0.149 e. The van der Waals surface area contributed by atoms with Crippen LogP contribution in [-0.2, 0) is 0 Å². The lowest BCUT2D eigenvalue weighted by atomic mass is 10.5. The van der Waals surface area contributed by atoms with Gasteiger partial charge < -0.3 is 5.73 Å². The fourth-order valence-corrected chi connectivity index (χ4v) is 0.460. The third-order valence-electron chi connectivity index (χ3n) is 0.693. The predicted molar refractivity (Wildman–Crippen MR) is 33.4 cm³/mol. The Hall–Kier alpha value is -0.700. The quantitative estimate of drug-likeness (QED) is 0.456. The van der Waals surface area contributed by atoms with Crippen LogP contribution in [0.3, 0.4) is 0 Å². The van der Waals surface area contributed by atoms with E-state index >= 15 is 0 Å². The lowest BCUT2D eigenvalue weighted by Crippen LogP contribution is -2.01. The molecule has 0 atom stereocenters. The van der Waals surface area contributed by atoms with Gasteiger partial charge in [0.05, 0.1) is 5.70 Å². The molecule has 0 amide bonds. The molecular formula is C4H4N2S. The van der Waals surface area contributed by atoms with Crippen molar-refractivity contribution in [3.8, 4) is 0 Å². The summed E-state index contributed by atoms with van der Waals surface area (Å²) in [5, 5.41) is 0. The first-order valence-corrected chi connectivity index (χ1v) is 2.25. The molecule has 0 spiro atoms. The highest BCUT2D eigenvalue weighted by Gasteiger charge is 1.98. The monoisotopic (exact) mass is 112 g/mol. The van der Waals surface area contributed by atoms with Gasteiger partial charge in [0.2, 0.25) is 0 Å². The zero-order valence-electron chi connectivity index (χ0n) is 3.59. The minimum Gasteiger partial charge on any atom is -0.396 e. The van der Waals surface area contributed by atoms with Crippen molar-refractivity contribution in [3.63, 3.8) is 0 Å². The SMILES string of the molecule is NC1=CC=NC1=S. The summed E-state index contributed by atoms with van der Waals surface area (Å²) in [5.74, 6) is 0. The summed E-state index contributed by atoms with van der Waals surface area (Å²) in [4.78, 5) is 4.21. The lowest BCUT2D eigenvalue weighted by Gasteiger charge is -1.83. The van der Waals surface area contributed by atoms with Crippen molar-refractivity contribution in [1.82, 2.24) is 0 Å². The van der Waals surface area contributed by atoms with Gasteiger partial charge in [-0.3, -0.25) is 0 Å². The maximum absolute atomic E-state index is 5.27. The van der Waals surface area contributed by atoms with E-state index in [-0.39, 0.29) is 0 Å². The number of allylic oxidation sites excluding steroid dienone is 1. The van der Waals surface area contributed by atoms with E-state index in [0.29, 0.717) is 10.7 Å². The summed E-state index contributed by atoms with van der Waals surface area (Å²) in [5.41, 5.74) is 5.87. The zero-order valence-corrected chi connectivity index (χ0v) is 4.40. The number of hydrogen-bond donors (Lipinski definition) is 1. The van der Waals surface area contributed by atoms with Crippen LogP contribution in [0.4, 0.5) is 0 Å². The fourth-order valence-electron chi connectivity index (χ4n) is 0.331. The Morgan fingerprint density at radius 1 is 1.71 bits per heavy atom. The molecule has 0 saturated carbocycles. The van der Waals surface area contributed by atoms with E-state index in [4.69, 9.17) is 5.73 Å². The van der Waals surface area contributed by atoms with Gasteiger partial charge in [0, 0.05) is 6.21 Å². The Kier molecular flexibility index (Phi) is 0.906. The number of nitrogens with two attached hydrogens (primary N) is 1. The molecule has 0 unspecified atom stereocenters. The summed E-state index contributed by atoms with van der Waals surface area (Å²) >= 11 is 4.65. The van der Waals surface area contributed by atoms with Crippen LogP contribution in [0.2, 0.25) is 0 Å². The number of hydrogen-bond acceptors (Lipinski definition) is 2. The maximum Gasteiger partial charge on any atom is 0.149 e. The van der Waals surface area contributed by atoms with Crippen LogP contribution in [0.5, 0.6) is 0 Å². The molecule has 0 aromatic heterocycles. The standard InChI is InChI=1S/C4H4N2S/c5-3-1-2-6-4(3)7/h1-2H,(H2,5,6,7). The molecule has 1 rings (SSSR count). The average Bonchev–Trinajstić information content (AvgIpc) is 1.91. The molecule has 0 saturated heterocycles. The highest BCUT2D eigenvalue weighted by Crippen LogP contribution is 1.95. The lowest BCUT2D eigenvalue weighted by molar-refractivity contribution is 1.51. The molecule has 0 aromatic rings. The van der Waals surface area contributed by atoms with Crippen LogP contribution in [0.15, 0.2) is 16.8 Å². The molecular weight excluding hydrogens is 108 g/mol. The summed E-state index contributed by atoms with van der Waals surface area (Å²) in [6, 6.07) is 0. The van der Waals surface area contributed by atoms with Crippen LogP contribution in [0, 0.1) is 0 Å². The normalized spacial score (nSPS) is 17.7. The largest absolute Gasteiger partial charge is 0.396 e. The van der Waals surface area contributed by atoms with Crippen molar-refractivity contribution < 1.29 is 0 Å². The van der Waals surface area contributed by atoms with Crippen molar-refractivity contribution in [2.75, 3.05) is 0 Å². The second kappa shape index (κ2) is 1.42. The highest BCUT2D eigenvalue weighted by molar-refractivity contribution is 7.80. The first kappa shape index (κ1) is 4.46. The van der Waals surface area contributed by atoms with Gasteiger partial charge in [-0.25, -0.2) is 4.99 Å². The molecule has 36 valence electrons. The van der Waals surface area contributed by atoms with Gasteiger partial charge in [-0.2, -0.15) is 0 Å². The average molecular weight is 112 g/mol. The van der Waals surface area contributed by atoms with Gasteiger partial charge in [-0.1, -0.05) is 12.2 Å². The molecule has 1 aliphatic rings. The van der Waals surface area contributed by atoms with Crippen molar-refractivity contribution in [3.05, 3.63) is 11.8 Å². The van der Waals surface area contributed by atoms with Gasteiger partial charge >= 0.3 is 0 Å². The summed E-state index contributed by atoms with van der Waals surface area (Å²) < 4.78 is 0. The Morgan fingerprint density at radius 3 is 2.57 bits per heavy atom. The first-order valence-electron chi connectivity index (χ1n) is 1.85. The second-order valence-corrected chi connectivity index (χ2v) is 1.59. The molecule has 7 heavy (non-hydrogen) atoms. The van der Waals surface area contributed by atoms with E-state index in [1.807, 2.05) is 0 Å². The number of aliphatic imine (C=N–C) groups is 1. The minimum atomic E-state index is 0.500. The Labute approximate surface area is 46.7 Å². The van der Waals surface area contributed by atoms with E-state index in [9.17, 15) is 0 Å². The van der Waals surface area contributed by atoms with E-state index in [0.717, 1.165) is 0 Å². The van der Waals surface area contributed by atoms with Crippen LogP contribution in [0.25, 0.3) is 0 Å². The van der Waals surface area contributed by atoms with Crippen molar-refractivity contribution in [2.24, 2.45) is 10.7 Å². The molecule has 1 heterocycles. The van der Waals surface area contributed by atoms with Gasteiger partial charge in [0.25, 0.3) is 0 Å². The Balaban J connectivity index is 2.89. The van der Waals surface area contributed by atoms with E-state index in [1.54, 1.807) is 12.3 Å². The van der Waals surface area contributed by atoms with Gasteiger partial charge in [0.15, 0.2) is 0 Å². The van der Waals surface area contributed by atoms with Crippen LogP contribution in [-0.4, -0.2) is 11.2 Å². The van der Waals surface area contributed by atoms with E-state index in [2.05, 4.69) is 17.2 Å². The molecule has 1 aliphatic heterocycles. The zero-order chi connectivity index (χ0) is 5.28. The maximum atomic E-state index is 5.27. The molecule has 0 aromatic carbocycles. The van der Waals surface area contributed by atoms with E-state index in [1.165, 1.54) is 0 Å². The second-order valence-electron chi connectivity index (χ2n) is 1.21. The third kappa shape index (κ3) is 0.667. The number of rotatable bonds is 0. The molecule has 3 heteroatoms. The molecule has 2 N–H and O–H groups in total. The summed E-state index contributed by atoms with van der Waals surface area (Å²) in [6.07, 6.45) is 3.28. The third-order valence-corrected chi connectivity index (χ3v) is 1.03. The molecule has 2 nitrogen and oxygen atoms in total. The summed E-state index contributed by atoms with van der Waals surface area (Å²) in [6.45, 7) is 0.